The molecule has 0 aliphatic heterocycles. The van der Waals surface area contributed by atoms with Crippen molar-refractivity contribution in [3.63, 3.8) is 0 Å². The number of primary amides is 1. The minimum Gasteiger partial charge on any atom is -0.481 e. The quantitative estimate of drug-likeness (QED) is 0.0523. The van der Waals surface area contributed by atoms with Gasteiger partial charge in [-0.2, -0.15) is 11.8 Å². The van der Waals surface area contributed by atoms with Gasteiger partial charge in [-0.15, -0.1) is 0 Å². The number of carbonyl (C=O) groups excluding carboxylic acids is 7. The summed E-state index contributed by atoms with van der Waals surface area (Å²) >= 11 is 1.48. The van der Waals surface area contributed by atoms with E-state index >= 15 is 0 Å². The highest BCUT2D eigenvalue weighted by molar-refractivity contribution is 7.98. The molecule has 296 valence electrons. The monoisotopic (exact) mass is 766 g/mol. The summed E-state index contributed by atoms with van der Waals surface area (Å²) in [5.41, 5.74) is 11.6. The van der Waals surface area contributed by atoms with Crippen molar-refractivity contribution in [2.24, 2.45) is 23.3 Å². The number of hydrogen-bond donors (Lipinski definition) is 10. The third-order valence-corrected chi connectivity index (χ3v) is 8.41. The first-order valence-electron chi connectivity index (χ1n) is 17.1. The molecular formula is C34H54N8O10S. The lowest BCUT2D eigenvalue weighted by molar-refractivity contribution is -0.140. The van der Waals surface area contributed by atoms with Gasteiger partial charge >= 0.3 is 5.97 Å². The summed E-state index contributed by atoms with van der Waals surface area (Å²) in [5.74, 6) is -6.87. The van der Waals surface area contributed by atoms with Gasteiger partial charge < -0.3 is 53.6 Å². The van der Waals surface area contributed by atoms with Crippen LogP contribution in [0.3, 0.4) is 0 Å². The standard InChI is InChI=1S/C34H54N8O10S/c1-18(2)13-23(31(49)39-22(29(36)47)11-12-53-5)38-26(44)16-37-34(52)28(19(3)4)42-32(50)24(14-20-9-7-6-8-10-20)40-33(51)25(17-43)41-30(48)21(35)15-27(45)46/h6-10,18-19,21-25,28,43H,11-17,35H2,1-5H3,(H2,36,47)(H,37,52)(H,38,44)(H,39,49)(H,40,51)(H,41,48)(H,42,50)(H,45,46)/t21-,22-,23-,24-,25-,28-/m0/s1. The molecule has 0 saturated carbocycles. The Bertz CT molecular complexity index is 1410. The third-order valence-electron chi connectivity index (χ3n) is 7.76. The SMILES string of the molecule is CSCC[C@H](NC(=O)[C@H](CC(C)C)NC(=O)CNC(=O)[C@@H](NC(=O)[C@H](Cc1ccccc1)NC(=O)[C@H](CO)NC(=O)[C@@H](N)CC(=O)O)C(C)C)C(N)=O. The van der Waals surface area contributed by atoms with Crippen LogP contribution >= 0.6 is 11.8 Å². The summed E-state index contributed by atoms with van der Waals surface area (Å²) in [6.07, 6.45) is 1.59. The van der Waals surface area contributed by atoms with Gasteiger partial charge in [-0.3, -0.25) is 38.4 Å². The molecule has 19 heteroatoms. The Morgan fingerprint density at radius 3 is 1.85 bits per heavy atom. The number of benzene rings is 1. The molecule has 0 saturated heterocycles. The van der Waals surface area contributed by atoms with Crippen LogP contribution in [0.2, 0.25) is 0 Å². The van der Waals surface area contributed by atoms with E-state index in [9.17, 15) is 43.5 Å². The first kappa shape index (κ1) is 46.3. The Kier molecular flexibility index (Phi) is 20.7. The molecule has 0 aliphatic rings. The van der Waals surface area contributed by atoms with Gasteiger partial charge in [0.25, 0.3) is 0 Å². The lowest BCUT2D eigenvalue weighted by atomic mass is 10.0. The molecular weight excluding hydrogens is 712 g/mol. The van der Waals surface area contributed by atoms with Crippen LogP contribution in [0.5, 0.6) is 0 Å². The number of thioether (sulfide) groups is 1. The number of amides is 7. The van der Waals surface area contributed by atoms with Crippen molar-refractivity contribution in [3.05, 3.63) is 35.9 Å². The van der Waals surface area contributed by atoms with Gasteiger partial charge in [0, 0.05) is 6.42 Å². The summed E-state index contributed by atoms with van der Waals surface area (Å²) in [6.45, 7) is 5.51. The van der Waals surface area contributed by atoms with Crippen molar-refractivity contribution in [1.29, 1.82) is 0 Å². The molecule has 1 aromatic rings. The van der Waals surface area contributed by atoms with Crippen LogP contribution in [0.25, 0.3) is 0 Å². The Morgan fingerprint density at radius 2 is 1.32 bits per heavy atom. The normalized spacial score (nSPS) is 14.4. The molecule has 12 N–H and O–H groups in total. The Morgan fingerprint density at radius 1 is 0.755 bits per heavy atom. The smallest absolute Gasteiger partial charge is 0.305 e. The molecule has 0 aliphatic carbocycles. The van der Waals surface area contributed by atoms with Crippen molar-refractivity contribution in [3.8, 4) is 0 Å². The molecule has 53 heavy (non-hydrogen) atoms. The highest BCUT2D eigenvalue weighted by Crippen LogP contribution is 2.09. The van der Waals surface area contributed by atoms with E-state index in [1.807, 2.05) is 20.1 Å². The number of carbonyl (C=O) groups is 8. The molecule has 0 heterocycles. The maximum atomic E-state index is 13.6. The number of carboxylic acid groups (broad SMARTS) is 1. The van der Waals surface area contributed by atoms with E-state index in [0.717, 1.165) is 0 Å². The summed E-state index contributed by atoms with van der Waals surface area (Å²) in [5, 5.41) is 33.6. The van der Waals surface area contributed by atoms with Crippen LogP contribution in [0, 0.1) is 11.8 Å². The zero-order valence-electron chi connectivity index (χ0n) is 30.7. The Balaban J connectivity index is 3.07. The van der Waals surface area contributed by atoms with E-state index in [0.29, 0.717) is 17.7 Å². The third kappa shape index (κ3) is 17.5. The maximum absolute atomic E-state index is 13.6. The predicted molar refractivity (Wildman–Crippen MR) is 197 cm³/mol. The van der Waals surface area contributed by atoms with Crippen LogP contribution in [0.15, 0.2) is 30.3 Å². The summed E-state index contributed by atoms with van der Waals surface area (Å²) < 4.78 is 0. The largest absolute Gasteiger partial charge is 0.481 e. The van der Waals surface area contributed by atoms with E-state index in [1.165, 1.54) is 11.8 Å². The average Bonchev–Trinajstić information content (AvgIpc) is 3.08. The van der Waals surface area contributed by atoms with Crippen molar-refractivity contribution >= 4 is 59.1 Å². The molecule has 6 atom stereocenters. The molecule has 1 aromatic carbocycles. The predicted octanol–water partition coefficient (Wildman–Crippen LogP) is -2.50. The summed E-state index contributed by atoms with van der Waals surface area (Å²) in [6, 6.07) is 0.971. The number of nitrogens with two attached hydrogens (primary N) is 2. The zero-order valence-corrected chi connectivity index (χ0v) is 31.5. The van der Waals surface area contributed by atoms with Gasteiger partial charge in [-0.1, -0.05) is 58.0 Å². The maximum Gasteiger partial charge on any atom is 0.305 e. The van der Waals surface area contributed by atoms with E-state index < -0.39 is 109 Å². The van der Waals surface area contributed by atoms with Crippen LogP contribution < -0.4 is 43.4 Å². The molecule has 0 radical (unpaired) electrons. The van der Waals surface area contributed by atoms with E-state index in [-0.39, 0.29) is 18.8 Å². The number of carboxylic acids is 1. The Labute approximate surface area is 313 Å². The minimum absolute atomic E-state index is 0.0258. The summed E-state index contributed by atoms with van der Waals surface area (Å²) in [4.78, 5) is 101. The van der Waals surface area contributed by atoms with Crippen LogP contribution in [-0.2, 0) is 44.8 Å². The van der Waals surface area contributed by atoms with Gasteiger partial charge in [-0.05, 0) is 42.2 Å². The van der Waals surface area contributed by atoms with E-state index in [1.54, 1.807) is 44.2 Å². The number of nitrogens with one attached hydrogen (secondary N) is 6. The second-order valence-corrected chi connectivity index (χ2v) is 14.1. The first-order valence-corrected chi connectivity index (χ1v) is 18.5. The second kappa shape index (κ2) is 23.7. The van der Waals surface area contributed by atoms with Crippen molar-refractivity contribution in [2.75, 3.05) is 25.2 Å². The first-order chi connectivity index (χ1) is 24.9. The fraction of sp³-hybridized carbons (Fsp3) is 0.588. The lowest BCUT2D eigenvalue weighted by Gasteiger charge is -2.27. The van der Waals surface area contributed by atoms with Gasteiger partial charge in [0.05, 0.1) is 25.6 Å². The number of rotatable bonds is 24. The van der Waals surface area contributed by atoms with Crippen molar-refractivity contribution in [2.45, 2.75) is 89.6 Å². The molecule has 18 nitrogen and oxygen atoms in total. The molecule has 0 bridgehead atoms. The molecule has 1 rings (SSSR count). The zero-order chi connectivity index (χ0) is 40.2. The average molecular weight is 767 g/mol. The van der Waals surface area contributed by atoms with Crippen LogP contribution in [0.1, 0.15) is 52.5 Å². The van der Waals surface area contributed by atoms with Gasteiger partial charge in [0.2, 0.25) is 41.4 Å². The van der Waals surface area contributed by atoms with Crippen molar-refractivity contribution in [1.82, 2.24) is 31.9 Å². The highest BCUT2D eigenvalue weighted by Gasteiger charge is 2.32. The molecule has 0 unspecified atom stereocenters. The van der Waals surface area contributed by atoms with Crippen LogP contribution in [-0.4, -0.2) is 119 Å². The van der Waals surface area contributed by atoms with E-state index in [4.69, 9.17) is 16.6 Å². The van der Waals surface area contributed by atoms with Gasteiger partial charge in [-0.25, -0.2) is 0 Å². The molecule has 7 amide bonds. The topological polar surface area (TPSA) is 301 Å². The molecule has 0 fully saturated rings. The fourth-order valence-electron chi connectivity index (χ4n) is 4.89. The number of hydrogen-bond acceptors (Lipinski definition) is 11. The molecule has 0 aromatic heterocycles. The number of aliphatic hydroxyl groups is 1. The van der Waals surface area contributed by atoms with Gasteiger partial charge in [0.1, 0.15) is 30.2 Å². The van der Waals surface area contributed by atoms with Crippen molar-refractivity contribution < 1.29 is 48.6 Å². The summed E-state index contributed by atoms with van der Waals surface area (Å²) in [7, 11) is 0. The Hall–Kier alpha value is -4.75. The number of aliphatic carboxylic acids is 1. The minimum atomic E-state index is -1.59. The fourth-order valence-corrected chi connectivity index (χ4v) is 5.36. The van der Waals surface area contributed by atoms with E-state index in [2.05, 4.69) is 31.9 Å². The van der Waals surface area contributed by atoms with Gasteiger partial charge in [0.15, 0.2) is 0 Å². The highest BCUT2D eigenvalue weighted by atomic mass is 32.2. The number of aliphatic hydroxyl groups excluding tert-OH is 1. The lowest BCUT2D eigenvalue weighted by Crippen LogP contribution is -2.60. The van der Waals surface area contributed by atoms with Crippen LogP contribution in [0.4, 0.5) is 0 Å². The second-order valence-electron chi connectivity index (χ2n) is 13.1. The molecule has 0 spiro atoms.